The molecular formula is C29H60. The first-order valence-corrected chi connectivity index (χ1v) is 14.2. The molecule has 2 unspecified atom stereocenters. The summed E-state index contributed by atoms with van der Waals surface area (Å²) in [6.07, 6.45) is 33.7. The molecular weight excluding hydrogens is 348 g/mol. The Balaban J connectivity index is 3.16. The van der Waals surface area contributed by atoms with Crippen molar-refractivity contribution < 1.29 is 0 Å². The quantitative estimate of drug-likeness (QED) is 0.139. The normalized spacial score (nSPS) is 13.7. The molecule has 0 spiro atoms. The van der Waals surface area contributed by atoms with Crippen LogP contribution >= 0.6 is 0 Å². The topological polar surface area (TPSA) is 0 Å². The molecule has 0 heteroatoms. The van der Waals surface area contributed by atoms with Crippen LogP contribution < -0.4 is 0 Å². The molecule has 29 heavy (non-hydrogen) atoms. The monoisotopic (exact) mass is 408 g/mol. The van der Waals surface area contributed by atoms with Crippen molar-refractivity contribution in [1.29, 1.82) is 0 Å². The van der Waals surface area contributed by atoms with Crippen molar-refractivity contribution in [3.63, 3.8) is 0 Å². The highest BCUT2D eigenvalue weighted by molar-refractivity contribution is 4.56. The van der Waals surface area contributed by atoms with Crippen molar-refractivity contribution in [3.8, 4) is 0 Å². The van der Waals surface area contributed by atoms with E-state index in [0.29, 0.717) is 0 Å². The van der Waals surface area contributed by atoms with Crippen LogP contribution in [-0.4, -0.2) is 0 Å². The van der Waals surface area contributed by atoms with Crippen molar-refractivity contribution in [2.24, 2.45) is 11.8 Å². The van der Waals surface area contributed by atoms with Gasteiger partial charge in [-0.15, -0.1) is 0 Å². The van der Waals surface area contributed by atoms with Gasteiger partial charge >= 0.3 is 0 Å². The lowest BCUT2D eigenvalue weighted by molar-refractivity contribution is 0.429. The summed E-state index contributed by atoms with van der Waals surface area (Å²) in [5.41, 5.74) is 0. The van der Waals surface area contributed by atoms with E-state index in [0.717, 1.165) is 11.8 Å². The molecule has 0 nitrogen and oxygen atoms in total. The van der Waals surface area contributed by atoms with Gasteiger partial charge in [-0.3, -0.25) is 0 Å². The van der Waals surface area contributed by atoms with Crippen LogP contribution in [-0.2, 0) is 0 Å². The van der Waals surface area contributed by atoms with Gasteiger partial charge in [-0.25, -0.2) is 0 Å². The number of hydrogen-bond acceptors (Lipinski definition) is 0. The highest BCUT2D eigenvalue weighted by Gasteiger charge is 2.02. The zero-order valence-corrected chi connectivity index (χ0v) is 21.4. The van der Waals surface area contributed by atoms with Gasteiger partial charge in [-0.2, -0.15) is 0 Å². The van der Waals surface area contributed by atoms with Crippen LogP contribution in [0.25, 0.3) is 0 Å². The SMILES string of the molecule is CCCCCCCCCCCCC(C)CCCCCCCCCCCC(C)CC. The first kappa shape index (κ1) is 29.0. The summed E-state index contributed by atoms with van der Waals surface area (Å²) in [6, 6.07) is 0. The Morgan fingerprint density at radius 1 is 0.345 bits per heavy atom. The van der Waals surface area contributed by atoms with E-state index in [1.807, 2.05) is 0 Å². The summed E-state index contributed by atoms with van der Waals surface area (Å²) < 4.78 is 0. The lowest BCUT2D eigenvalue weighted by Gasteiger charge is -2.11. The third-order valence-corrected chi connectivity index (χ3v) is 7.14. The van der Waals surface area contributed by atoms with Gasteiger partial charge < -0.3 is 0 Å². The number of hydrogen-bond donors (Lipinski definition) is 0. The van der Waals surface area contributed by atoms with Crippen molar-refractivity contribution in [1.82, 2.24) is 0 Å². The van der Waals surface area contributed by atoms with E-state index in [1.165, 1.54) is 148 Å². The fourth-order valence-electron chi connectivity index (χ4n) is 4.55. The molecule has 0 amide bonds. The molecule has 0 aliphatic carbocycles. The van der Waals surface area contributed by atoms with Gasteiger partial charge in [0.15, 0.2) is 0 Å². The van der Waals surface area contributed by atoms with Crippen LogP contribution in [0.2, 0.25) is 0 Å². The second kappa shape index (κ2) is 24.3. The Bertz CT molecular complexity index is 282. The summed E-state index contributed by atoms with van der Waals surface area (Å²) in [5, 5.41) is 0. The Labute approximate surface area is 187 Å². The second-order valence-electron chi connectivity index (χ2n) is 10.3. The maximum atomic E-state index is 2.49. The Morgan fingerprint density at radius 2 is 0.621 bits per heavy atom. The fraction of sp³-hybridized carbons (Fsp3) is 1.00. The van der Waals surface area contributed by atoms with Gasteiger partial charge in [0.2, 0.25) is 0 Å². The zero-order valence-electron chi connectivity index (χ0n) is 21.4. The summed E-state index contributed by atoms with van der Waals surface area (Å²) in [4.78, 5) is 0. The third kappa shape index (κ3) is 24.1. The molecule has 0 rings (SSSR count). The molecule has 0 heterocycles. The summed E-state index contributed by atoms with van der Waals surface area (Å²) in [7, 11) is 0. The molecule has 0 radical (unpaired) electrons. The maximum Gasteiger partial charge on any atom is -0.0443 e. The van der Waals surface area contributed by atoms with E-state index in [4.69, 9.17) is 0 Å². The molecule has 0 fully saturated rings. The van der Waals surface area contributed by atoms with E-state index in [-0.39, 0.29) is 0 Å². The molecule has 0 saturated carbocycles. The average Bonchev–Trinajstić information content (AvgIpc) is 2.73. The maximum absolute atomic E-state index is 2.49. The van der Waals surface area contributed by atoms with Crippen molar-refractivity contribution in [2.75, 3.05) is 0 Å². The van der Waals surface area contributed by atoms with Gasteiger partial charge in [-0.1, -0.05) is 175 Å². The molecule has 0 aliphatic heterocycles. The lowest BCUT2D eigenvalue weighted by atomic mass is 9.95. The van der Waals surface area contributed by atoms with Crippen LogP contribution in [0.3, 0.4) is 0 Å². The van der Waals surface area contributed by atoms with Gasteiger partial charge in [0, 0.05) is 0 Å². The molecule has 0 aromatic rings. The molecule has 0 aromatic heterocycles. The molecule has 0 saturated heterocycles. The Hall–Kier alpha value is 0. The number of unbranched alkanes of at least 4 members (excludes halogenated alkanes) is 17. The highest BCUT2D eigenvalue weighted by atomic mass is 14.1. The summed E-state index contributed by atoms with van der Waals surface area (Å²) >= 11 is 0. The van der Waals surface area contributed by atoms with E-state index in [1.54, 1.807) is 0 Å². The average molecular weight is 409 g/mol. The van der Waals surface area contributed by atoms with E-state index < -0.39 is 0 Å². The van der Waals surface area contributed by atoms with Crippen LogP contribution in [0.15, 0.2) is 0 Å². The smallest absolute Gasteiger partial charge is 0.0443 e. The summed E-state index contributed by atoms with van der Waals surface area (Å²) in [5.74, 6) is 1.91. The van der Waals surface area contributed by atoms with Crippen LogP contribution in [0.4, 0.5) is 0 Å². The first-order valence-electron chi connectivity index (χ1n) is 14.2. The van der Waals surface area contributed by atoms with E-state index in [9.17, 15) is 0 Å². The Morgan fingerprint density at radius 3 is 0.931 bits per heavy atom. The number of rotatable bonds is 24. The first-order chi connectivity index (χ1) is 14.2. The summed E-state index contributed by atoms with van der Waals surface area (Å²) in [6.45, 7) is 9.52. The molecule has 0 aliphatic rings. The molecule has 0 N–H and O–H groups in total. The van der Waals surface area contributed by atoms with Gasteiger partial charge in [0.1, 0.15) is 0 Å². The standard InChI is InChI=1S/C29H60/c1-5-7-8-9-10-11-13-17-20-23-26-29(4)27-24-21-18-15-12-14-16-19-22-25-28(3)6-2/h28-29H,5-27H2,1-4H3. The Kier molecular flexibility index (Phi) is 24.3. The molecule has 0 bridgehead atoms. The minimum atomic E-state index is 0.947. The minimum absolute atomic E-state index is 0.947. The van der Waals surface area contributed by atoms with Crippen molar-refractivity contribution in [2.45, 2.75) is 175 Å². The predicted octanol–water partition coefficient (Wildman–Crippen LogP) is 11.3. The largest absolute Gasteiger partial charge is 0.0654 e. The third-order valence-electron chi connectivity index (χ3n) is 7.14. The van der Waals surface area contributed by atoms with E-state index in [2.05, 4.69) is 27.7 Å². The fourth-order valence-corrected chi connectivity index (χ4v) is 4.55. The van der Waals surface area contributed by atoms with Crippen molar-refractivity contribution >= 4 is 0 Å². The van der Waals surface area contributed by atoms with Gasteiger partial charge in [-0.05, 0) is 11.8 Å². The molecule has 2 atom stereocenters. The van der Waals surface area contributed by atoms with E-state index >= 15 is 0 Å². The van der Waals surface area contributed by atoms with Crippen LogP contribution in [0.5, 0.6) is 0 Å². The lowest BCUT2D eigenvalue weighted by Crippen LogP contribution is -1.95. The van der Waals surface area contributed by atoms with Crippen LogP contribution in [0.1, 0.15) is 175 Å². The van der Waals surface area contributed by atoms with Gasteiger partial charge in [0.25, 0.3) is 0 Å². The highest BCUT2D eigenvalue weighted by Crippen LogP contribution is 2.19. The van der Waals surface area contributed by atoms with Crippen molar-refractivity contribution in [3.05, 3.63) is 0 Å². The van der Waals surface area contributed by atoms with Gasteiger partial charge in [0.05, 0.1) is 0 Å². The molecule has 176 valence electrons. The predicted molar refractivity (Wildman–Crippen MR) is 136 cm³/mol. The van der Waals surface area contributed by atoms with Crippen LogP contribution in [0, 0.1) is 11.8 Å². The molecule has 0 aromatic carbocycles. The minimum Gasteiger partial charge on any atom is -0.0654 e. The zero-order chi connectivity index (χ0) is 21.4. The second-order valence-corrected chi connectivity index (χ2v) is 10.3.